The van der Waals surface area contributed by atoms with Gasteiger partial charge in [-0.1, -0.05) is 28.9 Å². The van der Waals surface area contributed by atoms with E-state index < -0.39 is 0 Å². The number of hydrogen-bond acceptors (Lipinski definition) is 4. The van der Waals surface area contributed by atoms with Crippen LogP contribution in [0.3, 0.4) is 0 Å². The molecule has 0 unspecified atom stereocenters. The Bertz CT molecular complexity index is 702. The Morgan fingerprint density at radius 3 is 2.96 bits per heavy atom. The summed E-state index contributed by atoms with van der Waals surface area (Å²) in [4.78, 5) is 26.7. The van der Waals surface area contributed by atoms with Crippen LogP contribution in [0.2, 0.25) is 5.02 Å². The lowest BCUT2D eigenvalue weighted by molar-refractivity contribution is -0.133. The summed E-state index contributed by atoms with van der Waals surface area (Å²) in [5.41, 5.74) is 0.605. The molecular weight excluding hydrogens is 316 g/mol. The summed E-state index contributed by atoms with van der Waals surface area (Å²) in [7, 11) is 0. The first-order valence-corrected chi connectivity index (χ1v) is 7.93. The molecule has 23 heavy (non-hydrogen) atoms. The molecule has 1 atom stereocenters. The van der Waals surface area contributed by atoms with Gasteiger partial charge in [-0.25, -0.2) is 4.68 Å². The van der Waals surface area contributed by atoms with Gasteiger partial charge in [0.05, 0.1) is 6.20 Å². The third kappa shape index (κ3) is 3.76. The number of rotatable bonds is 4. The Hall–Kier alpha value is -2.21. The summed E-state index contributed by atoms with van der Waals surface area (Å²) in [5.74, 6) is -0.174. The van der Waals surface area contributed by atoms with Gasteiger partial charge in [0.15, 0.2) is 5.78 Å². The first-order chi connectivity index (χ1) is 11.1. The molecule has 1 aromatic carbocycles. The van der Waals surface area contributed by atoms with Crippen LogP contribution in [0.25, 0.3) is 0 Å². The molecule has 0 N–H and O–H groups in total. The van der Waals surface area contributed by atoms with Gasteiger partial charge < -0.3 is 4.90 Å². The highest BCUT2D eigenvalue weighted by Gasteiger charge is 2.29. The molecular formula is C16H17ClN4O2. The van der Waals surface area contributed by atoms with Crippen LogP contribution < -0.4 is 0 Å². The van der Waals surface area contributed by atoms with Crippen molar-refractivity contribution in [2.75, 3.05) is 13.1 Å². The molecule has 0 bridgehead atoms. The number of aromatic nitrogens is 3. The number of piperidine rings is 1. The van der Waals surface area contributed by atoms with Gasteiger partial charge in [0.1, 0.15) is 6.54 Å². The van der Waals surface area contributed by atoms with Crippen molar-refractivity contribution < 1.29 is 9.59 Å². The van der Waals surface area contributed by atoms with E-state index in [1.807, 2.05) is 0 Å². The monoisotopic (exact) mass is 332 g/mol. The van der Waals surface area contributed by atoms with Crippen molar-refractivity contribution in [3.63, 3.8) is 0 Å². The van der Waals surface area contributed by atoms with E-state index in [2.05, 4.69) is 10.3 Å². The van der Waals surface area contributed by atoms with Crippen LogP contribution in [0.4, 0.5) is 0 Å². The molecule has 2 aromatic rings. The molecule has 7 heteroatoms. The summed E-state index contributed by atoms with van der Waals surface area (Å²) in [6, 6.07) is 6.96. The smallest absolute Gasteiger partial charge is 0.244 e. The van der Waals surface area contributed by atoms with Crippen molar-refractivity contribution in [1.29, 1.82) is 0 Å². The Balaban J connectivity index is 1.65. The number of ketones is 1. The summed E-state index contributed by atoms with van der Waals surface area (Å²) in [6.07, 6.45) is 4.80. The molecule has 1 saturated heterocycles. The quantitative estimate of drug-likeness (QED) is 0.804. The fourth-order valence-corrected chi connectivity index (χ4v) is 3.04. The highest BCUT2D eigenvalue weighted by Crippen LogP contribution is 2.22. The number of amides is 1. The molecule has 6 nitrogen and oxygen atoms in total. The van der Waals surface area contributed by atoms with E-state index in [0.29, 0.717) is 23.7 Å². The van der Waals surface area contributed by atoms with Crippen molar-refractivity contribution in [3.05, 3.63) is 47.2 Å². The van der Waals surface area contributed by atoms with E-state index >= 15 is 0 Å². The lowest BCUT2D eigenvalue weighted by atomic mass is 9.90. The molecule has 2 heterocycles. The zero-order valence-electron chi connectivity index (χ0n) is 12.6. The van der Waals surface area contributed by atoms with Crippen molar-refractivity contribution in [1.82, 2.24) is 19.9 Å². The molecule has 0 radical (unpaired) electrons. The number of Topliss-reactive ketones (excluding diaryl/α,β-unsaturated/α-hetero) is 1. The second-order valence-electron chi connectivity index (χ2n) is 5.65. The van der Waals surface area contributed by atoms with E-state index in [1.54, 1.807) is 35.4 Å². The van der Waals surface area contributed by atoms with Crippen LogP contribution in [0.1, 0.15) is 23.2 Å². The second-order valence-corrected chi connectivity index (χ2v) is 6.09. The van der Waals surface area contributed by atoms with Crippen LogP contribution >= 0.6 is 11.6 Å². The van der Waals surface area contributed by atoms with Crippen LogP contribution in [-0.4, -0.2) is 44.7 Å². The zero-order chi connectivity index (χ0) is 16.2. The van der Waals surface area contributed by atoms with Gasteiger partial charge in [0.2, 0.25) is 5.91 Å². The van der Waals surface area contributed by atoms with E-state index in [4.69, 9.17) is 11.6 Å². The standard InChI is InChI=1S/C16H17ClN4O2/c17-14-5-1-3-12(9-14)16(23)13-4-2-7-20(10-13)15(22)11-21-8-6-18-19-21/h1,3,5-6,8-9,13H,2,4,7,10-11H2/t13-/m1/s1. The topological polar surface area (TPSA) is 68.1 Å². The number of carbonyl (C=O) groups excluding carboxylic acids is 2. The average Bonchev–Trinajstić information content (AvgIpc) is 3.07. The number of carbonyl (C=O) groups is 2. The molecule has 1 aliphatic rings. The minimum absolute atomic E-state index is 0.0425. The Morgan fingerprint density at radius 1 is 1.35 bits per heavy atom. The second kappa shape index (κ2) is 6.91. The van der Waals surface area contributed by atoms with Gasteiger partial charge in [0.25, 0.3) is 0 Å². The summed E-state index contributed by atoms with van der Waals surface area (Å²) >= 11 is 5.95. The highest BCUT2D eigenvalue weighted by molar-refractivity contribution is 6.31. The minimum atomic E-state index is -0.179. The van der Waals surface area contributed by atoms with Gasteiger partial charge >= 0.3 is 0 Å². The normalized spacial score (nSPS) is 18.0. The fourth-order valence-electron chi connectivity index (χ4n) is 2.85. The van der Waals surface area contributed by atoms with Crippen LogP contribution in [0.15, 0.2) is 36.7 Å². The molecule has 0 spiro atoms. The third-order valence-electron chi connectivity index (χ3n) is 4.02. The van der Waals surface area contributed by atoms with Crippen molar-refractivity contribution in [2.45, 2.75) is 19.4 Å². The van der Waals surface area contributed by atoms with Crippen LogP contribution in [0, 0.1) is 5.92 Å². The molecule has 1 aliphatic heterocycles. The molecule has 1 amide bonds. The fraction of sp³-hybridized carbons (Fsp3) is 0.375. The Labute approximate surface area is 139 Å². The largest absolute Gasteiger partial charge is 0.340 e. The predicted molar refractivity (Wildman–Crippen MR) is 85.1 cm³/mol. The van der Waals surface area contributed by atoms with Crippen LogP contribution in [-0.2, 0) is 11.3 Å². The molecule has 120 valence electrons. The molecule has 1 aromatic heterocycles. The average molecular weight is 333 g/mol. The summed E-state index contributed by atoms with van der Waals surface area (Å²) < 4.78 is 1.49. The van der Waals surface area contributed by atoms with E-state index in [1.165, 1.54) is 10.9 Å². The number of halogens is 1. The van der Waals surface area contributed by atoms with Gasteiger partial charge in [-0.05, 0) is 25.0 Å². The molecule has 1 fully saturated rings. The number of nitrogens with zero attached hydrogens (tertiary/aromatic N) is 4. The van der Waals surface area contributed by atoms with Crippen molar-refractivity contribution in [3.8, 4) is 0 Å². The minimum Gasteiger partial charge on any atom is -0.340 e. The first-order valence-electron chi connectivity index (χ1n) is 7.55. The molecule has 0 saturated carbocycles. The maximum Gasteiger partial charge on any atom is 0.244 e. The summed E-state index contributed by atoms with van der Waals surface area (Å²) in [5, 5.41) is 8.03. The van der Waals surface area contributed by atoms with Crippen molar-refractivity contribution >= 4 is 23.3 Å². The number of hydrogen-bond donors (Lipinski definition) is 0. The maximum atomic E-state index is 12.6. The molecule has 3 rings (SSSR count). The van der Waals surface area contributed by atoms with E-state index in [9.17, 15) is 9.59 Å². The van der Waals surface area contributed by atoms with E-state index in [-0.39, 0.29) is 24.2 Å². The van der Waals surface area contributed by atoms with Gasteiger partial charge in [-0.2, -0.15) is 0 Å². The van der Waals surface area contributed by atoms with Gasteiger partial charge in [-0.15, -0.1) is 5.10 Å². The van der Waals surface area contributed by atoms with Crippen LogP contribution in [0.5, 0.6) is 0 Å². The first kappa shape index (κ1) is 15.7. The summed E-state index contributed by atoms with van der Waals surface area (Å²) in [6.45, 7) is 1.27. The van der Waals surface area contributed by atoms with E-state index in [0.717, 1.165) is 12.8 Å². The zero-order valence-corrected chi connectivity index (χ0v) is 13.3. The lowest BCUT2D eigenvalue weighted by Crippen LogP contribution is -2.43. The predicted octanol–water partition coefficient (Wildman–Crippen LogP) is 2.05. The lowest BCUT2D eigenvalue weighted by Gasteiger charge is -2.32. The maximum absolute atomic E-state index is 12.6. The van der Waals surface area contributed by atoms with Gasteiger partial charge in [0, 0.05) is 35.8 Å². The third-order valence-corrected chi connectivity index (χ3v) is 4.26. The number of benzene rings is 1. The van der Waals surface area contributed by atoms with Crippen molar-refractivity contribution in [2.24, 2.45) is 5.92 Å². The highest BCUT2D eigenvalue weighted by atomic mass is 35.5. The number of likely N-dealkylation sites (tertiary alicyclic amines) is 1. The van der Waals surface area contributed by atoms with Gasteiger partial charge in [-0.3, -0.25) is 9.59 Å². The Kier molecular flexibility index (Phi) is 4.71. The SMILES string of the molecule is O=C(c1cccc(Cl)c1)[C@@H]1CCCN(C(=O)Cn2ccnn2)C1. The molecule has 0 aliphatic carbocycles. The Morgan fingerprint density at radius 2 is 2.22 bits per heavy atom.